The Morgan fingerprint density at radius 1 is 1.48 bits per heavy atom. The first-order valence-corrected chi connectivity index (χ1v) is 8.65. The lowest BCUT2D eigenvalue weighted by Crippen LogP contribution is -2.54. The second-order valence-electron chi connectivity index (χ2n) is 6.59. The smallest absolute Gasteiger partial charge is 0.344 e. The quantitative estimate of drug-likeness (QED) is 0.713. The van der Waals surface area contributed by atoms with Gasteiger partial charge in [0.15, 0.2) is 5.76 Å². The van der Waals surface area contributed by atoms with Crippen LogP contribution >= 0.6 is 0 Å². The summed E-state index contributed by atoms with van der Waals surface area (Å²) < 4.78 is 30.6. The molecule has 0 aromatic rings. The molecule has 0 bridgehead atoms. The highest BCUT2D eigenvalue weighted by molar-refractivity contribution is 5.79. The number of hydrogen-bond donors (Lipinski definition) is 0. The molecule has 2 atom stereocenters. The molecule has 0 radical (unpaired) electrons. The highest BCUT2D eigenvalue weighted by Crippen LogP contribution is 2.33. The van der Waals surface area contributed by atoms with E-state index in [1.165, 1.54) is 25.2 Å². The van der Waals surface area contributed by atoms with Gasteiger partial charge in [0.05, 0.1) is 13.2 Å². The number of methoxy groups -OCH3 is 1. The molecule has 25 heavy (non-hydrogen) atoms. The number of nitrogens with zero attached hydrogens (tertiary/aromatic N) is 1. The lowest BCUT2D eigenvalue weighted by molar-refractivity contribution is -0.159. The number of carbonyl (C=O) groups is 1. The van der Waals surface area contributed by atoms with Crippen molar-refractivity contribution in [3.05, 3.63) is 48.3 Å². The average Bonchev–Trinajstić information content (AvgIpc) is 2.67. The lowest BCUT2D eigenvalue weighted by Gasteiger charge is -2.40. The minimum absolute atomic E-state index is 0.00211. The number of piperidine rings is 1. The molecule has 0 aromatic heterocycles. The zero-order valence-corrected chi connectivity index (χ0v) is 14.4. The Labute approximate surface area is 147 Å². The maximum absolute atomic E-state index is 15.1. The third kappa shape index (κ3) is 4.12. The van der Waals surface area contributed by atoms with Crippen molar-refractivity contribution in [1.29, 1.82) is 0 Å². The summed E-state index contributed by atoms with van der Waals surface area (Å²) in [7, 11) is 1.23. The second-order valence-corrected chi connectivity index (χ2v) is 6.59. The lowest BCUT2D eigenvalue weighted by atomic mass is 9.90. The van der Waals surface area contributed by atoms with Gasteiger partial charge >= 0.3 is 5.97 Å². The molecule has 1 saturated heterocycles. The molecule has 0 spiro atoms. The van der Waals surface area contributed by atoms with Gasteiger partial charge in [-0.25, -0.2) is 9.18 Å². The zero-order valence-electron chi connectivity index (χ0n) is 14.4. The fourth-order valence-electron chi connectivity index (χ4n) is 3.57. The van der Waals surface area contributed by atoms with Gasteiger partial charge in [0.2, 0.25) is 5.67 Å². The number of likely N-dealkylation sites (tertiary alicyclic amines) is 1. The number of ether oxygens (including phenoxy) is 3. The maximum atomic E-state index is 15.1. The maximum Gasteiger partial charge on any atom is 0.344 e. The van der Waals surface area contributed by atoms with Gasteiger partial charge in [0.25, 0.3) is 0 Å². The normalized spacial score (nSPS) is 27.6. The molecule has 136 valence electrons. The molecular weight excluding hydrogens is 325 g/mol. The summed E-state index contributed by atoms with van der Waals surface area (Å²) in [6.07, 6.45) is 14.2. The van der Waals surface area contributed by atoms with Crippen molar-refractivity contribution in [2.75, 3.05) is 20.2 Å². The largest absolute Gasteiger partial charge is 0.467 e. The van der Waals surface area contributed by atoms with Gasteiger partial charge in [-0.15, -0.1) is 0 Å². The summed E-state index contributed by atoms with van der Waals surface area (Å²) in [5, 5.41) is 0. The molecule has 2 unspecified atom stereocenters. The summed E-state index contributed by atoms with van der Waals surface area (Å²) in [5.41, 5.74) is -0.697. The van der Waals surface area contributed by atoms with Crippen LogP contribution in [0.4, 0.5) is 4.39 Å². The van der Waals surface area contributed by atoms with Crippen LogP contribution in [-0.2, 0) is 19.0 Å². The van der Waals surface area contributed by atoms with Gasteiger partial charge in [-0.1, -0.05) is 23.8 Å². The number of allylic oxidation sites excluding steroid dienone is 3. The number of esters is 1. The number of hydrogen-bond acceptors (Lipinski definition) is 5. The van der Waals surface area contributed by atoms with E-state index in [1.54, 1.807) is 6.26 Å². The molecule has 0 saturated carbocycles. The Hall–Kier alpha value is -2.08. The van der Waals surface area contributed by atoms with Gasteiger partial charge in [0.1, 0.15) is 18.8 Å². The summed E-state index contributed by atoms with van der Waals surface area (Å²) >= 11 is 0. The highest BCUT2D eigenvalue weighted by Gasteiger charge is 2.46. The first-order valence-electron chi connectivity index (χ1n) is 8.65. The summed E-state index contributed by atoms with van der Waals surface area (Å²) in [5.74, 6) is -0.169. The van der Waals surface area contributed by atoms with Crippen LogP contribution in [0.15, 0.2) is 48.3 Å². The minimum Gasteiger partial charge on any atom is -0.467 e. The summed E-state index contributed by atoms with van der Waals surface area (Å²) in [6.45, 7) is 0.693. The number of alkyl halides is 1. The highest BCUT2D eigenvalue weighted by atomic mass is 19.1. The molecule has 2 heterocycles. The van der Waals surface area contributed by atoms with Crippen LogP contribution in [0.5, 0.6) is 0 Å². The van der Waals surface area contributed by atoms with Crippen LogP contribution in [0.1, 0.15) is 32.1 Å². The summed E-state index contributed by atoms with van der Waals surface area (Å²) in [6, 6.07) is -0.178. The minimum atomic E-state index is -1.97. The van der Waals surface area contributed by atoms with E-state index in [0.29, 0.717) is 25.1 Å². The first kappa shape index (κ1) is 17.7. The molecule has 0 N–H and O–H groups in total. The third-order valence-corrected chi connectivity index (χ3v) is 4.87. The molecule has 0 aromatic carbocycles. The molecule has 2 aliphatic heterocycles. The second kappa shape index (κ2) is 7.87. The first-order chi connectivity index (χ1) is 12.1. The average molecular weight is 349 g/mol. The molecule has 0 amide bonds. The molecule has 3 rings (SSSR count). The fourth-order valence-corrected chi connectivity index (χ4v) is 3.57. The SMILES string of the molecule is COC(=O)C1(F)CCCN(C(CC2=CC=CCC2)C2=COC=CO2)C1. The molecular formula is C19H24FNO4. The van der Waals surface area contributed by atoms with E-state index < -0.39 is 11.6 Å². The Morgan fingerprint density at radius 2 is 2.36 bits per heavy atom. The van der Waals surface area contributed by atoms with Crippen molar-refractivity contribution >= 4 is 5.97 Å². The number of rotatable bonds is 5. The van der Waals surface area contributed by atoms with E-state index in [0.717, 1.165) is 12.8 Å². The predicted octanol–water partition coefficient (Wildman–Crippen LogP) is 3.36. The van der Waals surface area contributed by atoms with Gasteiger partial charge < -0.3 is 14.2 Å². The number of halogens is 1. The van der Waals surface area contributed by atoms with E-state index in [-0.39, 0.29) is 19.0 Å². The molecule has 1 fully saturated rings. The van der Waals surface area contributed by atoms with Gasteiger partial charge in [0, 0.05) is 6.54 Å². The van der Waals surface area contributed by atoms with Crippen molar-refractivity contribution in [1.82, 2.24) is 4.90 Å². The van der Waals surface area contributed by atoms with Crippen LogP contribution in [0.3, 0.4) is 0 Å². The topological polar surface area (TPSA) is 48.0 Å². The molecule has 6 heteroatoms. The Kier molecular flexibility index (Phi) is 5.58. The van der Waals surface area contributed by atoms with E-state index in [4.69, 9.17) is 9.47 Å². The van der Waals surface area contributed by atoms with Crippen LogP contribution in [0.2, 0.25) is 0 Å². The van der Waals surface area contributed by atoms with Crippen molar-refractivity contribution < 1.29 is 23.4 Å². The fraction of sp³-hybridized carbons (Fsp3) is 0.526. The van der Waals surface area contributed by atoms with E-state index >= 15 is 4.39 Å². The predicted molar refractivity (Wildman–Crippen MR) is 90.9 cm³/mol. The zero-order chi connectivity index (χ0) is 17.7. The van der Waals surface area contributed by atoms with E-state index in [9.17, 15) is 4.79 Å². The monoisotopic (exact) mass is 349 g/mol. The molecule has 3 aliphatic rings. The van der Waals surface area contributed by atoms with Crippen LogP contribution in [0.25, 0.3) is 0 Å². The van der Waals surface area contributed by atoms with Crippen LogP contribution in [0, 0.1) is 0 Å². The van der Waals surface area contributed by atoms with Crippen molar-refractivity contribution in [2.24, 2.45) is 0 Å². The van der Waals surface area contributed by atoms with Gasteiger partial charge in [-0.3, -0.25) is 4.90 Å². The molecule has 1 aliphatic carbocycles. The molecule has 5 nitrogen and oxygen atoms in total. The van der Waals surface area contributed by atoms with E-state index in [2.05, 4.69) is 16.9 Å². The van der Waals surface area contributed by atoms with Gasteiger partial charge in [-0.2, -0.15) is 0 Å². The third-order valence-electron chi connectivity index (χ3n) is 4.87. The Morgan fingerprint density at radius 3 is 3.04 bits per heavy atom. The van der Waals surface area contributed by atoms with Crippen molar-refractivity contribution in [3.63, 3.8) is 0 Å². The standard InChI is InChI=1S/C19H24FNO4/c1-23-18(22)19(20)8-5-9-21(14-19)16(17-13-24-10-11-25-17)12-15-6-3-2-4-7-15/h2-3,6,10-11,13,16H,4-5,7-9,12,14H2,1H3. The van der Waals surface area contributed by atoms with Crippen LogP contribution < -0.4 is 0 Å². The summed E-state index contributed by atoms with van der Waals surface area (Å²) in [4.78, 5) is 13.9. The Bertz CT molecular complexity index is 625. The Balaban J connectivity index is 1.80. The van der Waals surface area contributed by atoms with E-state index in [1.807, 2.05) is 11.0 Å². The van der Waals surface area contributed by atoms with Gasteiger partial charge in [-0.05, 0) is 38.6 Å². The number of carbonyl (C=O) groups excluding carboxylic acids is 1. The van der Waals surface area contributed by atoms with Crippen molar-refractivity contribution in [2.45, 2.75) is 43.8 Å². The van der Waals surface area contributed by atoms with Crippen molar-refractivity contribution in [3.8, 4) is 0 Å². The van der Waals surface area contributed by atoms with Crippen LogP contribution in [-0.4, -0.2) is 42.8 Å².